The van der Waals surface area contributed by atoms with Crippen LogP contribution in [-0.2, 0) is 20.2 Å². The molecule has 0 fully saturated rings. The van der Waals surface area contributed by atoms with Crippen molar-refractivity contribution in [2.24, 2.45) is 0 Å². The van der Waals surface area contributed by atoms with Gasteiger partial charge in [-0.1, -0.05) is 24.3 Å². The molecule has 2 aromatic heterocycles. The molecule has 0 spiro atoms. The molecule has 208 valence electrons. The Morgan fingerprint density at radius 3 is 1.20 bits per heavy atom. The van der Waals surface area contributed by atoms with Crippen LogP contribution in [0, 0.1) is 0 Å². The Kier molecular flexibility index (Phi) is 7.33. The predicted octanol–water partition coefficient (Wildman–Crippen LogP) is 0.536. The summed E-state index contributed by atoms with van der Waals surface area (Å²) < 4.78 is 68.0. The number of rotatable bonds is 8. The first-order valence-corrected chi connectivity index (χ1v) is 13.5. The van der Waals surface area contributed by atoms with Crippen LogP contribution in [0.3, 0.4) is 0 Å². The zero-order valence-corrected chi connectivity index (χ0v) is 21.6. The van der Waals surface area contributed by atoms with E-state index >= 15 is 0 Å². The van der Waals surface area contributed by atoms with E-state index in [4.69, 9.17) is 22.9 Å². The smallest absolute Gasteiger partial charge is 0.295 e. The minimum atomic E-state index is -4.77. The van der Waals surface area contributed by atoms with E-state index in [0.717, 1.165) is 12.1 Å². The highest BCUT2D eigenvalue weighted by Crippen LogP contribution is 2.27. The van der Waals surface area contributed by atoms with E-state index in [1.54, 1.807) is 0 Å². The van der Waals surface area contributed by atoms with Gasteiger partial charge in [0.25, 0.3) is 20.2 Å². The van der Waals surface area contributed by atoms with Gasteiger partial charge in [-0.05, 0) is 35.4 Å². The van der Waals surface area contributed by atoms with E-state index in [9.17, 15) is 25.9 Å². The van der Waals surface area contributed by atoms with Gasteiger partial charge in [0.05, 0.1) is 0 Å². The zero-order chi connectivity index (χ0) is 29.2. The van der Waals surface area contributed by atoms with Crippen LogP contribution in [0.25, 0.3) is 12.2 Å². The van der Waals surface area contributed by atoms with Crippen LogP contribution in [0.4, 0.5) is 47.1 Å². The van der Waals surface area contributed by atoms with E-state index in [2.05, 4.69) is 40.5 Å². The van der Waals surface area contributed by atoms with Gasteiger partial charge >= 0.3 is 0 Å². The highest BCUT2D eigenvalue weighted by molar-refractivity contribution is 7.86. The summed E-state index contributed by atoms with van der Waals surface area (Å²) in [5.41, 5.74) is 22.3. The third-order valence-corrected chi connectivity index (χ3v) is 6.70. The van der Waals surface area contributed by atoms with Crippen molar-refractivity contribution in [3.63, 3.8) is 0 Å². The normalized spacial score (nSPS) is 11.9. The molecule has 0 saturated heterocycles. The fraction of sp³-hybridized carbons (Fsp3) is 0. The highest BCUT2D eigenvalue weighted by atomic mass is 32.2. The third-order valence-electron chi connectivity index (χ3n) is 4.88. The second-order valence-electron chi connectivity index (χ2n) is 7.79. The summed E-state index contributed by atoms with van der Waals surface area (Å²) in [4.78, 5) is 21.5. The minimum absolute atomic E-state index is 0.0256. The molecule has 18 nitrogen and oxygen atoms in total. The summed E-state index contributed by atoms with van der Waals surface area (Å²) in [6, 6.07) is 7.63. The zero-order valence-electron chi connectivity index (χ0n) is 20.0. The fourth-order valence-corrected chi connectivity index (χ4v) is 4.73. The number of anilines is 8. The third kappa shape index (κ3) is 6.82. The van der Waals surface area contributed by atoms with E-state index in [-0.39, 0.29) is 58.2 Å². The van der Waals surface area contributed by atoms with Crippen molar-refractivity contribution in [1.29, 1.82) is 0 Å². The van der Waals surface area contributed by atoms with Gasteiger partial charge in [-0.15, -0.1) is 0 Å². The average molecular weight is 589 g/mol. The van der Waals surface area contributed by atoms with Gasteiger partial charge in [0.1, 0.15) is 9.79 Å². The van der Waals surface area contributed by atoms with Gasteiger partial charge in [-0.3, -0.25) is 9.11 Å². The Labute approximate surface area is 226 Å². The number of hydrogen-bond acceptors (Lipinski definition) is 16. The van der Waals surface area contributed by atoms with Crippen molar-refractivity contribution in [3.05, 3.63) is 47.5 Å². The topological polar surface area (TPSA) is 314 Å². The Hall–Kier alpha value is -5.18. The molecule has 12 N–H and O–H groups in total. The standard InChI is InChI=1S/C20H20N12O6S2/c21-15-27-16(22)30-19(29-15)25-11-5-3-9(13(7-11)39(33,34)35)1-2-10-4-6-12(8-14(10)40(36,37)38)26-20-31-17(23)28-18(24)32-20/h1-8H,(H,33,34,35)(H,36,37,38)(H5,21,22,25,27,29,30)(H5,23,24,26,28,31,32). The molecule has 0 aliphatic carbocycles. The summed E-state index contributed by atoms with van der Waals surface area (Å²) in [6.07, 6.45) is 2.44. The van der Waals surface area contributed by atoms with Crippen molar-refractivity contribution in [2.75, 3.05) is 33.6 Å². The first kappa shape index (κ1) is 27.8. The summed E-state index contributed by atoms with van der Waals surface area (Å²) in [7, 11) is -9.53. The summed E-state index contributed by atoms with van der Waals surface area (Å²) in [5.74, 6) is -0.875. The highest BCUT2D eigenvalue weighted by Gasteiger charge is 2.18. The van der Waals surface area contributed by atoms with Crippen molar-refractivity contribution < 1.29 is 25.9 Å². The van der Waals surface area contributed by atoms with Gasteiger partial charge in [0.2, 0.25) is 35.7 Å². The van der Waals surface area contributed by atoms with Crippen LogP contribution >= 0.6 is 0 Å². The first-order valence-electron chi connectivity index (χ1n) is 10.7. The molecule has 0 atom stereocenters. The number of nitrogens with zero attached hydrogens (tertiary/aromatic N) is 6. The van der Waals surface area contributed by atoms with Crippen LogP contribution < -0.4 is 33.6 Å². The number of benzene rings is 2. The molecule has 4 aromatic rings. The molecule has 0 aliphatic heterocycles. The second kappa shape index (κ2) is 10.5. The Morgan fingerprint density at radius 2 is 0.900 bits per heavy atom. The SMILES string of the molecule is Nc1nc(N)nc(Nc2ccc(C=Cc3ccc(Nc4nc(N)nc(N)n4)cc3S(=O)(=O)O)c(S(=O)(=O)O)c2)n1. The van der Waals surface area contributed by atoms with Gasteiger partial charge in [-0.25, -0.2) is 0 Å². The maximum Gasteiger partial charge on any atom is 0.295 e. The van der Waals surface area contributed by atoms with Crippen molar-refractivity contribution in [3.8, 4) is 0 Å². The summed E-state index contributed by atoms with van der Waals surface area (Å²) in [6.45, 7) is 0. The Balaban J connectivity index is 1.69. The molecule has 2 aromatic carbocycles. The van der Waals surface area contributed by atoms with Crippen LogP contribution in [0.15, 0.2) is 46.2 Å². The molecule has 2 heterocycles. The number of aromatic nitrogens is 6. The molecule has 40 heavy (non-hydrogen) atoms. The fourth-order valence-electron chi connectivity index (χ4n) is 3.31. The summed E-state index contributed by atoms with van der Waals surface area (Å²) >= 11 is 0. The maximum absolute atomic E-state index is 12.1. The van der Waals surface area contributed by atoms with Crippen LogP contribution in [0.2, 0.25) is 0 Å². The molecule has 0 radical (unpaired) electrons. The molecule has 0 unspecified atom stereocenters. The molecule has 20 heteroatoms. The number of nitrogen functional groups attached to an aromatic ring is 4. The lowest BCUT2D eigenvalue weighted by molar-refractivity contribution is 0.480. The van der Waals surface area contributed by atoms with Gasteiger partial charge in [-0.2, -0.15) is 46.7 Å². The van der Waals surface area contributed by atoms with E-state index in [0.29, 0.717) is 0 Å². The van der Waals surface area contributed by atoms with E-state index < -0.39 is 30.0 Å². The lowest BCUT2D eigenvalue weighted by Gasteiger charge is -2.10. The quantitative estimate of drug-likeness (QED) is 0.103. The molecular weight excluding hydrogens is 568 g/mol. The van der Waals surface area contributed by atoms with Crippen molar-refractivity contribution in [1.82, 2.24) is 29.9 Å². The molecule has 0 saturated carbocycles. The van der Waals surface area contributed by atoms with Crippen LogP contribution in [0.1, 0.15) is 11.1 Å². The molecular formula is C20H20N12O6S2. The molecule has 0 bridgehead atoms. The minimum Gasteiger partial charge on any atom is -0.368 e. The second-order valence-corrected chi connectivity index (χ2v) is 10.6. The monoisotopic (exact) mass is 588 g/mol. The summed E-state index contributed by atoms with van der Waals surface area (Å²) in [5, 5.41) is 5.38. The lowest BCUT2D eigenvalue weighted by atomic mass is 10.1. The number of nitrogens with one attached hydrogen (secondary N) is 2. The van der Waals surface area contributed by atoms with E-state index in [1.807, 2.05) is 0 Å². The van der Waals surface area contributed by atoms with Gasteiger partial charge in [0.15, 0.2) is 0 Å². The van der Waals surface area contributed by atoms with Crippen LogP contribution in [0.5, 0.6) is 0 Å². The first-order chi connectivity index (χ1) is 18.7. The van der Waals surface area contributed by atoms with Crippen molar-refractivity contribution in [2.45, 2.75) is 9.79 Å². The van der Waals surface area contributed by atoms with Crippen molar-refractivity contribution >= 4 is 79.5 Å². The maximum atomic E-state index is 12.1. The largest absolute Gasteiger partial charge is 0.368 e. The lowest BCUT2D eigenvalue weighted by Crippen LogP contribution is -2.08. The Bertz CT molecular complexity index is 1690. The van der Waals surface area contributed by atoms with Gasteiger partial charge in [0, 0.05) is 11.4 Å². The van der Waals surface area contributed by atoms with Gasteiger partial charge < -0.3 is 33.6 Å². The molecule has 0 aliphatic rings. The molecule has 4 rings (SSSR count). The number of hydrogen-bond donors (Lipinski definition) is 8. The Morgan fingerprint density at radius 1 is 0.575 bits per heavy atom. The molecule has 0 amide bonds. The van der Waals surface area contributed by atoms with E-state index in [1.165, 1.54) is 36.4 Å². The average Bonchev–Trinajstić information content (AvgIpc) is 2.81. The van der Waals surface area contributed by atoms with Crippen LogP contribution in [-0.4, -0.2) is 55.8 Å². The predicted molar refractivity (Wildman–Crippen MR) is 145 cm³/mol. The number of nitrogens with two attached hydrogens (primary N) is 4.